The van der Waals surface area contributed by atoms with Crippen LogP contribution in [0.15, 0.2) is 90.0 Å². The molecule has 0 aliphatic heterocycles. The van der Waals surface area contributed by atoms with E-state index < -0.39 is 29.4 Å². The van der Waals surface area contributed by atoms with Crippen LogP contribution in [0.5, 0.6) is 0 Å². The van der Waals surface area contributed by atoms with E-state index in [9.17, 15) is 23.6 Å². The maximum atomic E-state index is 13.3. The van der Waals surface area contributed by atoms with Gasteiger partial charge in [0.25, 0.3) is 5.56 Å². The van der Waals surface area contributed by atoms with Gasteiger partial charge in [0.2, 0.25) is 5.91 Å². The topological polar surface area (TPSA) is 111 Å². The Balaban J connectivity index is 1.45. The summed E-state index contributed by atoms with van der Waals surface area (Å²) in [5.41, 5.74) is 2.19. The number of nitrogens with one attached hydrogen (secondary N) is 1. The fraction of sp³-hybridized carbons (Fsp3) is 0.194. The van der Waals surface area contributed by atoms with E-state index in [4.69, 9.17) is 4.74 Å². The summed E-state index contributed by atoms with van der Waals surface area (Å²) in [6.07, 6.45) is 2.27. The zero-order chi connectivity index (χ0) is 29.5. The molecule has 41 heavy (non-hydrogen) atoms. The molecule has 0 bridgehead atoms. The molecular formula is C31H29FN4O5. The molecule has 0 fully saturated rings. The number of hydrogen-bond acceptors (Lipinski definition) is 6. The number of benzene rings is 2. The van der Waals surface area contributed by atoms with Gasteiger partial charge in [0.1, 0.15) is 24.2 Å². The Bertz CT molecular complexity index is 1620. The van der Waals surface area contributed by atoms with Gasteiger partial charge in [0, 0.05) is 36.3 Å². The number of carbonyl (C=O) groups is 3. The maximum absolute atomic E-state index is 13.3. The summed E-state index contributed by atoms with van der Waals surface area (Å²) in [5.74, 6) is -1.34. The van der Waals surface area contributed by atoms with Crippen molar-refractivity contribution in [3.8, 4) is 0 Å². The fourth-order valence-electron chi connectivity index (χ4n) is 4.00. The van der Waals surface area contributed by atoms with Gasteiger partial charge in [-0.1, -0.05) is 30.3 Å². The minimum atomic E-state index is -0.925. The third-order valence-electron chi connectivity index (χ3n) is 6.61. The third kappa shape index (κ3) is 7.10. The molecule has 10 heteroatoms. The van der Waals surface area contributed by atoms with Crippen LogP contribution < -0.4 is 10.9 Å². The summed E-state index contributed by atoms with van der Waals surface area (Å²) in [6.45, 7) is 3.42. The number of halogens is 1. The second kappa shape index (κ2) is 12.8. The highest BCUT2D eigenvalue weighted by Gasteiger charge is 2.24. The van der Waals surface area contributed by atoms with Crippen molar-refractivity contribution >= 4 is 23.5 Å². The molecule has 2 amide bonds. The molecule has 210 valence electrons. The number of amides is 2. The van der Waals surface area contributed by atoms with Crippen molar-refractivity contribution in [2.24, 2.45) is 0 Å². The van der Waals surface area contributed by atoms with Crippen molar-refractivity contribution < 1.29 is 23.5 Å². The van der Waals surface area contributed by atoms with Gasteiger partial charge in [-0.25, -0.2) is 9.18 Å². The van der Waals surface area contributed by atoms with E-state index in [0.717, 1.165) is 10.5 Å². The maximum Gasteiger partial charge on any atom is 0.410 e. The van der Waals surface area contributed by atoms with Gasteiger partial charge in [-0.05, 0) is 67.4 Å². The van der Waals surface area contributed by atoms with E-state index in [1.54, 1.807) is 19.1 Å². The van der Waals surface area contributed by atoms with Gasteiger partial charge < -0.3 is 14.6 Å². The first-order chi connectivity index (χ1) is 19.6. The first-order valence-corrected chi connectivity index (χ1v) is 12.8. The predicted molar refractivity (Wildman–Crippen MR) is 151 cm³/mol. The molecule has 0 saturated carbocycles. The molecule has 1 atom stereocenters. The highest BCUT2D eigenvalue weighted by atomic mass is 19.1. The predicted octanol–water partition coefficient (Wildman–Crippen LogP) is 4.57. The molecule has 4 aromatic rings. The molecule has 0 aliphatic rings. The summed E-state index contributed by atoms with van der Waals surface area (Å²) in [4.78, 5) is 56.8. The number of carbonyl (C=O) groups excluding carboxylic acids is 3. The Labute approximate surface area is 236 Å². The molecule has 2 aromatic carbocycles. The number of anilines is 1. The number of pyridine rings is 2. The Hall–Kier alpha value is -5.12. The third-order valence-corrected chi connectivity index (χ3v) is 6.61. The van der Waals surface area contributed by atoms with E-state index in [1.165, 1.54) is 61.3 Å². The molecule has 2 heterocycles. The summed E-state index contributed by atoms with van der Waals surface area (Å²) in [6, 6.07) is 18.2. The monoisotopic (exact) mass is 556 g/mol. The average Bonchev–Trinajstić information content (AvgIpc) is 2.99. The van der Waals surface area contributed by atoms with Crippen molar-refractivity contribution in [3.63, 3.8) is 0 Å². The van der Waals surface area contributed by atoms with Gasteiger partial charge in [0.15, 0.2) is 5.78 Å². The van der Waals surface area contributed by atoms with Crippen molar-refractivity contribution in [3.05, 3.63) is 129 Å². The molecule has 0 radical (unpaired) electrons. The lowest BCUT2D eigenvalue weighted by Gasteiger charge is -2.23. The van der Waals surface area contributed by atoms with Crippen LogP contribution in [-0.4, -0.2) is 45.3 Å². The molecule has 0 unspecified atom stereocenters. The minimum absolute atomic E-state index is 0.0324. The van der Waals surface area contributed by atoms with E-state index in [2.05, 4.69) is 10.3 Å². The zero-order valence-electron chi connectivity index (χ0n) is 22.8. The normalized spacial score (nSPS) is 11.4. The van der Waals surface area contributed by atoms with Crippen LogP contribution in [0.4, 0.5) is 14.9 Å². The number of aryl methyl sites for hydroxylation is 1. The van der Waals surface area contributed by atoms with Crippen molar-refractivity contribution in [1.29, 1.82) is 0 Å². The number of hydrogen-bond donors (Lipinski definition) is 1. The first-order valence-electron chi connectivity index (χ1n) is 12.8. The van der Waals surface area contributed by atoms with E-state index in [-0.39, 0.29) is 24.6 Å². The van der Waals surface area contributed by atoms with Crippen LogP contribution in [0.25, 0.3) is 0 Å². The van der Waals surface area contributed by atoms with Crippen LogP contribution in [0, 0.1) is 12.7 Å². The molecular weight excluding hydrogens is 527 g/mol. The minimum Gasteiger partial charge on any atom is -0.445 e. The lowest BCUT2D eigenvalue weighted by Crippen LogP contribution is -2.44. The van der Waals surface area contributed by atoms with Gasteiger partial charge in [-0.3, -0.25) is 24.3 Å². The SMILES string of the molecule is Cc1ccc(NC(=O)[C@H](C)N(C)C(=O)OCc2ccccc2)c(=O)n1Cc1cncc(C(=O)c2ccc(F)cc2)c1. The number of ketones is 1. The number of nitrogens with zero attached hydrogens (tertiary/aromatic N) is 3. The van der Waals surface area contributed by atoms with Crippen molar-refractivity contribution in [2.45, 2.75) is 33.0 Å². The number of aromatic nitrogens is 2. The van der Waals surface area contributed by atoms with Gasteiger partial charge in [-0.2, -0.15) is 0 Å². The summed E-state index contributed by atoms with van der Waals surface area (Å²) < 4.78 is 20.0. The van der Waals surface area contributed by atoms with Crippen molar-refractivity contribution in [2.75, 3.05) is 12.4 Å². The second-order valence-electron chi connectivity index (χ2n) is 9.51. The lowest BCUT2D eigenvalue weighted by molar-refractivity contribution is -0.120. The summed E-state index contributed by atoms with van der Waals surface area (Å²) in [5, 5.41) is 2.61. The van der Waals surface area contributed by atoms with Crippen LogP contribution >= 0.6 is 0 Å². The molecule has 1 N–H and O–H groups in total. The number of likely N-dealkylation sites (N-methyl/N-ethyl adjacent to an activating group) is 1. The largest absolute Gasteiger partial charge is 0.445 e. The lowest BCUT2D eigenvalue weighted by atomic mass is 10.0. The number of ether oxygens (including phenoxy) is 1. The molecule has 0 aliphatic carbocycles. The quantitative estimate of drug-likeness (QED) is 0.303. The Morgan fingerprint density at radius 2 is 1.68 bits per heavy atom. The number of rotatable bonds is 9. The van der Waals surface area contributed by atoms with Crippen LogP contribution in [0.1, 0.15) is 39.7 Å². The Kier molecular flexibility index (Phi) is 9.03. The van der Waals surface area contributed by atoms with Crippen LogP contribution in [0.3, 0.4) is 0 Å². The van der Waals surface area contributed by atoms with Gasteiger partial charge >= 0.3 is 6.09 Å². The smallest absolute Gasteiger partial charge is 0.410 e. The van der Waals surface area contributed by atoms with Crippen molar-refractivity contribution in [1.82, 2.24) is 14.5 Å². The van der Waals surface area contributed by atoms with Gasteiger partial charge in [-0.15, -0.1) is 0 Å². The highest BCUT2D eigenvalue weighted by molar-refractivity contribution is 6.08. The summed E-state index contributed by atoms with van der Waals surface area (Å²) >= 11 is 0. The molecule has 0 spiro atoms. The van der Waals surface area contributed by atoms with E-state index in [0.29, 0.717) is 22.4 Å². The second-order valence-corrected chi connectivity index (χ2v) is 9.51. The standard InChI is InChI=1S/C31H29FN4O5/c1-20-9-14-27(34-29(38)21(2)35(3)31(40)41-19-22-7-5-4-6-8-22)30(39)36(20)18-23-15-25(17-33-16-23)28(37)24-10-12-26(32)13-11-24/h4-17,21H,18-19H2,1-3H3,(H,34,38)/t21-/m0/s1. The van der Waals surface area contributed by atoms with E-state index >= 15 is 0 Å². The highest BCUT2D eigenvalue weighted by Crippen LogP contribution is 2.14. The molecule has 4 rings (SSSR count). The zero-order valence-corrected chi connectivity index (χ0v) is 22.8. The Morgan fingerprint density at radius 3 is 2.39 bits per heavy atom. The average molecular weight is 557 g/mol. The first kappa shape index (κ1) is 28.9. The van der Waals surface area contributed by atoms with Gasteiger partial charge in [0.05, 0.1) is 6.54 Å². The summed E-state index contributed by atoms with van der Waals surface area (Å²) in [7, 11) is 1.44. The van der Waals surface area contributed by atoms with Crippen LogP contribution in [-0.2, 0) is 22.7 Å². The van der Waals surface area contributed by atoms with E-state index in [1.807, 2.05) is 30.3 Å². The molecule has 9 nitrogen and oxygen atoms in total. The van der Waals surface area contributed by atoms with Crippen LogP contribution in [0.2, 0.25) is 0 Å². The fourth-order valence-corrected chi connectivity index (χ4v) is 4.00. The Morgan fingerprint density at radius 1 is 0.976 bits per heavy atom. The molecule has 0 saturated heterocycles. The molecule has 2 aromatic heterocycles.